The summed E-state index contributed by atoms with van der Waals surface area (Å²) in [6.07, 6.45) is 4.46. The Balaban J connectivity index is 0.784. The maximum absolute atomic E-state index is 15.8. The Hall–Kier alpha value is -5.62. The number of hydrogen-bond donors (Lipinski definition) is 3. The number of aryl methyl sites for hydroxylation is 2. The minimum Gasteiger partial charge on any atom is -0.480 e. The number of rotatable bonds is 8. The average molecular weight is 888 g/mol. The Morgan fingerprint density at radius 2 is 1.76 bits per heavy atom. The van der Waals surface area contributed by atoms with Gasteiger partial charge >= 0.3 is 5.92 Å². The van der Waals surface area contributed by atoms with Gasteiger partial charge in [-0.15, -0.1) is 0 Å². The van der Waals surface area contributed by atoms with Crippen LogP contribution in [0, 0.1) is 23.6 Å². The van der Waals surface area contributed by atoms with Crippen molar-refractivity contribution in [1.29, 1.82) is 0 Å². The number of hydrogen-bond acceptors (Lipinski definition) is 12. The molecule has 63 heavy (non-hydrogen) atoms. The number of anilines is 5. The minimum atomic E-state index is -3.14. The number of benzene rings is 2. The molecule has 3 N–H and O–H groups in total. The number of carbonyl (C=O) groups is 2. The van der Waals surface area contributed by atoms with Gasteiger partial charge in [-0.1, -0.05) is 18.5 Å². The van der Waals surface area contributed by atoms with Crippen LogP contribution >= 0.6 is 11.6 Å². The number of nitrogens with one attached hydrogen (secondary N) is 3. The van der Waals surface area contributed by atoms with Crippen LogP contribution in [0.2, 0.25) is 5.02 Å². The van der Waals surface area contributed by atoms with Crippen molar-refractivity contribution >= 4 is 74.0 Å². The molecule has 5 aliphatic rings. The second kappa shape index (κ2) is 15.9. The van der Waals surface area contributed by atoms with Gasteiger partial charge in [0, 0.05) is 82.8 Å². The number of amides is 2. The number of piperazine rings is 1. The molecule has 1 aliphatic carbocycles. The van der Waals surface area contributed by atoms with E-state index in [4.69, 9.17) is 21.3 Å². The molecule has 1 unspecified atom stereocenters. The SMILES string of the molecule is C[C@H]1CN(c2ncc(Cl)c(Nc3ccc4c(c3)c3c(c(=O)n4C)OCC(F)(F)[C@H](C4CC4)N3)n2)CC[C@H]1CN1CCN(c2cc3c(cc2F)c(C2CCC(=O)NC2=O)nn3C)CC1. The fourth-order valence-corrected chi connectivity index (χ4v) is 10.1. The van der Waals surface area contributed by atoms with Gasteiger partial charge < -0.3 is 29.7 Å². The number of carbonyl (C=O) groups excluding carboxylic acids is 2. The molecular formula is C44H49ClF3N11O4. The van der Waals surface area contributed by atoms with Gasteiger partial charge in [0.25, 0.3) is 5.56 Å². The summed E-state index contributed by atoms with van der Waals surface area (Å²) in [4.78, 5) is 53.7. The molecule has 4 aliphatic heterocycles. The minimum absolute atomic E-state index is 0.119. The summed E-state index contributed by atoms with van der Waals surface area (Å²) < 4.78 is 54.7. The second-order valence-corrected chi connectivity index (χ2v) is 18.3. The number of imide groups is 1. The Labute approximate surface area is 365 Å². The number of halogens is 4. The molecule has 10 rings (SSSR count). The lowest BCUT2D eigenvalue weighted by Gasteiger charge is -2.42. The molecule has 2 aromatic carbocycles. The Morgan fingerprint density at radius 3 is 2.51 bits per heavy atom. The zero-order valence-electron chi connectivity index (χ0n) is 35.3. The first-order valence-electron chi connectivity index (χ1n) is 21.7. The van der Waals surface area contributed by atoms with Crippen LogP contribution in [0.4, 0.5) is 42.0 Å². The van der Waals surface area contributed by atoms with E-state index in [0.717, 1.165) is 44.7 Å². The van der Waals surface area contributed by atoms with Crippen molar-refractivity contribution < 1.29 is 27.5 Å². The quantitative estimate of drug-likeness (QED) is 0.162. The molecule has 4 fully saturated rings. The fraction of sp³-hybridized carbons (Fsp3) is 0.500. The zero-order valence-corrected chi connectivity index (χ0v) is 36.0. The molecule has 2 amide bonds. The van der Waals surface area contributed by atoms with E-state index in [-0.39, 0.29) is 35.5 Å². The van der Waals surface area contributed by atoms with Gasteiger partial charge in [0.05, 0.1) is 46.3 Å². The Bertz CT molecular complexity index is 2720. The lowest BCUT2D eigenvalue weighted by molar-refractivity contribution is -0.134. The molecule has 15 nitrogen and oxygen atoms in total. The highest BCUT2D eigenvalue weighted by atomic mass is 35.5. The average Bonchev–Trinajstić information content (AvgIpc) is 4.07. The van der Waals surface area contributed by atoms with Gasteiger partial charge in [0.2, 0.25) is 23.5 Å². The lowest BCUT2D eigenvalue weighted by Crippen LogP contribution is -2.50. The molecular weight excluding hydrogens is 839 g/mol. The maximum Gasteiger partial charge on any atom is 0.301 e. The molecule has 4 atom stereocenters. The highest BCUT2D eigenvalue weighted by molar-refractivity contribution is 6.33. The van der Waals surface area contributed by atoms with Gasteiger partial charge in [-0.25, -0.2) is 18.2 Å². The van der Waals surface area contributed by atoms with Crippen molar-refractivity contribution in [2.45, 2.75) is 56.9 Å². The van der Waals surface area contributed by atoms with Crippen LogP contribution in [0.5, 0.6) is 5.75 Å². The normalized spacial score (nSPS) is 24.2. The first-order valence-corrected chi connectivity index (χ1v) is 22.1. The van der Waals surface area contributed by atoms with E-state index in [1.807, 2.05) is 6.07 Å². The summed E-state index contributed by atoms with van der Waals surface area (Å²) in [7, 11) is 3.38. The van der Waals surface area contributed by atoms with E-state index in [1.165, 1.54) is 10.6 Å². The van der Waals surface area contributed by atoms with Crippen molar-refractivity contribution in [3.05, 3.63) is 63.4 Å². The lowest BCUT2D eigenvalue weighted by atomic mass is 9.86. The van der Waals surface area contributed by atoms with Crippen LogP contribution in [-0.2, 0) is 23.7 Å². The smallest absolute Gasteiger partial charge is 0.301 e. The first kappa shape index (κ1) is 41.4. The van der Waals surface area contributed by atoms with Crippen LogP contribution < -0.4 is 36.0 Å². The molecule has 0 radical (unpaired) electrons. The third-order valence-corrected chi connectivity index (χ3v) is 14.0. The van der Waals surface area contributed by atoms with E-state index in [9.17, 15) is 14.4 Å². The number of piperidine rings is 2. The Kier molecular flexibility index (Phi) is 10.4. The predicted molar refractivity (Wildman–Crippen MR) is 234 cm³/mol. The third kappa shape index (κ3) is 7.68. The van der Waals surface area contributed by atoms with E-state index in [1.54, 1.807) is 43.2 Å². The molecule has 7 heterocycles. The number of ether oxygens (including phenoxy) is 1. The van der Waals surface area contributed by atoms with Crippen molar-refractivity contribution in [3.63, 3.8) is 0 Å². The monoisotopic (exact) mass is 887 g/mol. The van der Waals surface area contributed by atoms with Gasteiger partial charge in [0.15, 0.2) is 12.4 Å². The fourth-order valence-electron chi connectivity index (χ4n) is 9.92. The summed E-state index contributed by atoms with van der Waals surface area (Å²) >= 11 is 6.65. The third-order valence-electron chi connectivity index (χ3n) is 13.7. The first-order chi connectivity index (χ1) is 30.2. The number of alkyl halides is 2. The number of fused-ring (bicyclic) bond motifs is 4. The van der Waals surface area contributed by atoms with Gasteiger partial charge in [-0.05, 0) is 73.8 Å². The molecule has 19 heteroatoms. The van der Waals surface area contributed by atoms with Crippen LogP contribution in [0.1, 0.15) is 50.6 Å². The molecule has 3 saturated heterocycles. The van der Waals surface area contributed by atoms with E-state index in [0.29, 0.717) is 94.3 Å². The summed E-state index contributed by atoms with van der Waals surface area (Å²) in [5, 5.41) is 14.8. The molecule has 332 valence electrons. The van der Waals surface area contributed by atoms with E-state index >= 15 is 13.2 Å². The maximum atomic E-state index is 15.8. The van der Waals surface area contributed by atoms with Crippen molar-refractivity contribution in [2.24, 2.45) is 31.8 Å². The predicted octanol–water partition coefficient (Wildman–Crippen LogP) is 5.77. The van der Waals surface area contributed by atoms with Gasteiger partial charge in [-0.3, -0.25) is 29.3 Å². The summed E-state index contributed by atoms with van der Waals surface area (Å²) in [5.74, 6) is -3.41. The summed E-state index contributed by atoms with van der Waals surface area (Å²) in [5.41, 5.74) is 2.69. The zero-order chi connectivity index (χ0) is 43.9. The second-order valence-electron chi connectivity index (χ2n) is 17.9. The number of aromatic nitrogens is 5. The molecule has 5 aromatic rings. The number of pyridine rings is 1. The summed E-state index contributed by atoms with van der Waals surface area (Å²) in [6.45, 7) is 6.71. The van der Waals surface area contributed by atoms with Crippen LogP contribution in [0.15, 0.2) is 41.3 Å². The van der Waals surface area contributed by atoms with Gasteiger partial charge in [-0.2, -0.15) is 10.1 Å². The number of nitrogens with zero attached hydrogens (tertiary/aromatic N) is 8. The Morgan fingerprint density at radius 1 is 0.968 bits per heavy atom. The van der Waals surface area contributed by atoms with Crippen molar-refractivity contribution in [3.8, 4) is 5.75 Å². The van der Waals surface area contributed by atoms with Gasteiger partial charge in [0.1, 0.15) is 10.8 Å². The molecule has 0 spiro atoms. The molecule has 1 saturated carbocycles. The highest BCUT2D eigenvalue weighted by Gasteiger charge is 2.51. The highest BCUT2D eigenvalue weighted by Crippen LogP contribution is 2.46. The van der Waals surface area contributed by atoms with Crippen LogP contribution in [0.25, 0.3) is 21.8 Å². The van der Waals surface area contributed by atoms with Crippen LogP contribution in [0.3, 0.4) is 0 Å². The molecule has 3 aromatic heterocycles. The van der Waals surface area contributed by atoms with E-state index in [2.05, 4.69) is 47.7 Å². The van der Waals surface area contributed by atoms with Crippen molar-refractivity contribution in [1.82, 2.24) is 34.5 Å². The van der Waals surface area contributed by atoms with Crippen LogP contribution in [-0.4, -0.2) is 105 Å². The summed E-state index contributed by atoms with van der Waals surface area (Å²) in [6, 6.07) is 7.51. The van der Waals surface area contributed by atoms with Crippen molar-refractivity contribution in [2.75, 3.05) is 72.9 Å². The molecule has 0 bridgehead atoms. The topological polar surface area (TPSA) is 155 Å². The van der Waals surface area contributed by atoms with E-state index < -0.39 is 36.0 Å². The standard InChI is InChI=1S/C44H49ClF3N11O4/c1-23-20-59(11-10-25(23)21-57-12-14-58(15-13-57)34-18-33-29(17-31(34)46)36(54-56(33)3)27-7-9-35(60)51-41(27)61)43-49-19-30(45)40(53-43)50-26-6-8-32-28(16-26)37-38(42(62)55(32)2)63-22-44(47,48)39(52-37)24-4-5-24/h6,8,16-19,23-25,27,39,52H,4-5,7,9-15,20-22H2,1-3H3,(H,49,50,53)(H,51,60,61)/t23-,25-,27?,39-/m0/s1. The largest absolute Gasteiger partial charge is 0.480 e.